The van der Waals surface area contributed by atoms with Crippen LogP contribution < -0.4 is 4.72 Å². The molecule has 0 spiro atoms. The number of hydrogen-bond acceptors (Lipinski definition) is 2. The molecule has 1 rings (SSSR count). The summed E-state index contributed by atoms with van der Waals surface area (Å²) in [5, 5.41) is 0. The lowest BCUT2D eigenvalue weighted by molar-refractivity contribution is 0.553. The Balaban J connectivity index is 2.73. The second kappa shape index (κ2) is 5.25. The third-order valence-electron chi connectivity index (χ3n) is 1.96. The highest BCUT2D eigenvalue weighted by Crippen LogP contribution is 2.16. The van der Waals surface area contributed by atoms with Crippen LogP contribution in [0.4, 0.5) is 4.39 Å². The van der Waals surface area contributed by atoms with E-state index in [1.54, 1.807) is 19.1 Å². The van der Waals surface area contributed by atoms with Gasteiger partial charge in [0.15, 0.2) is 0 Å². The van der Waals surface area contributed by atoms with E-state index in [0.29, 0.717) is 16.5 Å². The molecule has 0 bridgehead atoms. The van der Waals surface area contributed by atoms with E-state index in [0.717, 1.165) is 6.26 Å². The number of halogens is 2. The second-order valence-electron chi connectivity index (χ2n) is 3.73. The highest BCUT2D eigenvalue weighted by molar-refractivity contribution is 9.10. The van der Waals surface area contributed by atoms with Crippen molar-refractivity contribution in [1.29, 1.82) is 0 Å². The first-order chi connectivity index (χ1) is 7.28. The molecule has 0 amide bonds. The van der Waals surface area contributed by atoms with Gasteiger partial charge in [-0.2, -0.15) is 0 Å². The zero-order valence-electron chi connectivity index (χ0n) is 9.00. The van der Waals surface area contributed by atoms with Crippen molar-refractivity contribution in [1.82, 2.24) is 4.72 Å². The number of sulfonamides is 1. The minimum absolute atomic E-state index is 0.326. The summed E-state index contributed by atoms with van der Waals surface area (Å²) in [5.41, 5.74) is 0.492. The molecule has 0 aromatic heterocycles. The van der Waals surface area contributed by atoms with Gasteiger partial charge in [0.1, 0.15) is 5.82 Å². The third-order valence-corrected chi connectivity index (χ3v) is 3.28. The summed E-state index contributed by atoms with van der Waals surface area (Å²) in [5.74, 6) is -0.337. The van der Waals surface area contributed by atoms with Gasteiger partial charge in [0.05, 0.1) is 6.26 Å². The van der Waals surface area contributed by atoms with Crippen molar-refractivity contribution in [3.8, 4) is 0 Å². The van der Waals surface area contributed by atoms with E-state index in [-0.39, 0.29) is 11.9 Å². The van der Waals surface area contributed by atoms with Crippen molar-refractivity contribution < 1.29 is 12.8 Å². The average molecular weight is 310 g/mol. The van der Waals surface area contributed by atoms with Crippen LogP contribution in [0.25, 0.3) is 0 Å². The third kappa shape index (κ3) is 4.59. The van der Waals surface area contributed by atoms with E-state index in [4.69, 9.17) is 0 Å². The average Bonchev–Trinajstić information content (AvgIpc) is 2.06. The molecular formula is C10H13BrFNO2S. The number of nitrogens with one attached hydrogen (secondary N) is 1. The van der Waals surface area contributed by atoms with Crippen LogP contribution in [0.5, 0.6) is 0 Å². The van der Waals surface area contributed by atoms with Crippen molar-refractivity contribution in [3.05, 3.63) is 34.1 Å². The summed E-state index contributed by atoms with van der Waals surface area (Å²) in [6, 6.07) is 4.40. The number of rotatable bonds is 4. The maximum atomic E-state index is 13.4. The molecule has 6 heteroatoms. The van der Waals surface area contributed by atoms with Crippen LogP contribution in [-0.4, -0.2) is 20.7 Å². The molecule has 0 aliphatic rings. The lowest BCUT2D eigenvalue weighted by Crippen LogP contribution is -2.33. The first-order valence-corrected chi connectivity index (χ1v) is 7.37. The Morgan fingerprint density at radius 3 is 2.62 bits per heavy atom. The molecule has 0 heterocycles. The normalized spacial score (nSPS) is 13.8. The standard InChI is InChI=1S/C10H13BrFNO2S/c1-7(13-16(2,14)15)5-8-3-4-9(11)6-10(8)12/h3-4,6-7,13H,5H2,1-2H3/t7-/m1/s1. The number of hydrogen-bond donors (Lipinski definition) is 1. The van der Waals surface area contributed by atoms with Crippen LogP contribution in [0.15, 0.2) is 22.7 Å². The maximum Gasteiger partial charge on any atom is 0.208 e. The summed E-state index contributed by atoms with van der Waals surface area (Å²) in [7, 11) is -3.25. The quantitative estimate of drug-likeness (QED) is 0.925. The SMILES string of the molecule is C[C@H](Cc1ccc(Br)cc1F)NS(C)(=O)=O. The zero-order chi connectivity index (χ0) is 12.3. The lowest BCUT2D eigenvalue weighted by Gasteiger charge is -2.12. The van der Waals surface area contributed by atoms with Crippen LogP contribution in [-0.2, 0) is 16.4 Å². The molecule has 0 radical (unpaired) electrons. The first kappa shape index (κ1) is 13.6. The molecule has 0 fully saturated rings. The fourth-order valence-corrected chi connectivity index (χ4v) is 2.57. The van der Waals surface area contributed by atoms with Gasteiger partial charge >= 0.3 is 0 Å². The molecule has 1 aromatic rings. The van der Waals surface area contributed by atoms with E-state index >= 15 is 0 Å². The summed E-state index contributed by atoms with van der Waals surface area (Å²) in [4.78, 5) is 0. The fraction of sp³-hybridized carbons (Fsp3) is 0.400. The molecule has 1 atom stereocenters. The van der Waals surface area contributed by atoms with Crippen molar-refractivity contribution in [2.75, 3.05) is 6.26 Å². The number of benzene rings is 1. The Morgan fingerprint density at radius 2 is 2.12 bits per heavy atom. The van der Waals surface area contributed by atoms with Gasteiger partial charge in [-0.1, -0.05) is 22.0 Å². The molecule has 0 aliphatic carbocycles. The minimum atomic E-state index is -3.25. The molecule has 1 aromatic carbocycles. The lowest BCUT2D eigenvalue weighted by atomic mass is 10.1. The predicted molar refractivity (Wildman–Crippen MR) is 65.2 cm³/mol. The van der Waals surface area contributed by atoms with E-state index in [9.17, 15) is 12.8 Å². The predicted octanol–water partition coefficient (Wildman–Crippen LogP) is 2.07. The van der Waals surface area contributed by atoms with E-state index < -0.39 is 10.0 Å². The van der Waals surface area contributed by atoms with Crippen molar-refractivity contribution in [2.45, 2.75) is 19.4 Å². The van der Waals surface area contributed by atoms with Crippen molar-refractivity contribution in [2.24, 2.45) is 0 Å². The van der Waals surface area contributed by atoms with Crippen LogP contribution >= 0.6 is 15.9 Å². The molecule has 0 aliphatic heterocycles. The minimum Gasteiger partial charge on any atom is -0.213 e. The molecule has 3 nitrogen and oxygen atoms in total. The fourth-order valence-electron chi connectivity index (χ4n) is 1.42. The Bertz CT molecular complexity index is 476. The first-order valence-electron chi connectivity index (χ1n) is 4.69. The van der Waals surface area contributed by atoms with Crippen LogP contribution in [0, 0.1) is 5.82 Å². The van der Waals surface area contributed by atoms with Gasteiger partial charge in [0.2, 0.25) is 10.0 Å². The Morgan fingerprint density at radius 1 is 1.50 bits per heavy atom. The Hall–Kier alpha value is -0.460. The summed E-state index contributed by atoms with van der Waals surface area (Å²) in [6.07, 6.45) is 1.41. The molecule has 0 saturated heterocycles. The van der Waals surface area contributed by atoms with Gasteiger partial charge in [-0.05, 0) is 31.0 Å². The molecule has 16 heavy (non-hydrogen) atoms. The Labute approximate surface area is 103 Å². The van der Waals surface area contributed by atoms with Gasteiger partial charge < -0.3 is 0 Å². The summed E-state index contributed by atoms with van der Waals surface area (Å²) in [6.45, 7) is 1.70. The summed E-state index contributed by atoms with van der Waals surface area (Å²) < 4.78 is 38.4. The van der Waals surface area contributed by atoms with Gasteiger partial charge in [0.25, 0.3) is 0 Å². The van der Waals surface area contributed by atoms with E-state index in [1.165, 1.54) is 6.07 Å². The topological polar surface area (TPSA) is 46.2 Å². The zero-order valence-corrected chi connectivity index (χ0v) is 11.4. The molecular weight excluding hydrogens is 297 g/mol. The van der Waals surface area contributed by atoms with Crippen LogP contribution in [0.1, 0.15) is 12.5 Å². The molecule has 0 unspecified atom stereocenters. The smallest absolute Gasteiger partial charge is 0.208 e. The molecule has 1 N–H and O–H groups in total. The van der Waals surface area contributed by atoms with Gasteiger partial charge in [-0.15, -0.1) is 0 Å². The van der Waals surface area contributed by atoms with Gasteiger partial charge in [-0.25, -0.2) is 17.5 Å². The van der Waals surface area contributed by atoms with Crippen LogP contribution in [0.2, 0.25) is 0 Å². The van der Waals surface area contributed by atoms with Gasteiger partial charge in [0, 0.05) is 10.5 Å². The monoisotopic (exact) mass is 309 g/mol. The van der Waals surface area contributed by atoms with E-state index in [2.05, 4.69) is 20.7 Å². The second-order valence-corrected chi connectivity index (χ2v) is 6.43. The Kier molecular flexibility index (Phi) is 4.46. The van der Waals surface area contributed by atoms with Crippen molar-refractivity contribution in [3.63, 3.8) is 0 Å². The largest absolute Gasteiger partial charge is 0.213 e. The summed E-state index contributed by atoms with van der Waals surface area (Å²) >= 11 is 3.16. The molecule has 90 valence electrons. The van der Waals surface area contributed by atoms with Crippen LogP contribution in [0.3, 0.4) is 0 Å². The maximum absolute atomic E-state index is 13.4. The highest BCUT2D eigenvalue weighted by Gasteiger charge is 2.11. The van der Waals surface area contributed by atoms with Crippen molar-refractivity contribution >= 4 is 26.0 Å². The van der Waals surface area contributed by atoms with E-state index in [1.807, 2.05) is 0 Å². The molecule has 0 saturated carbocycles. The van der Waals surface area contributed by atoms with Gasteiger partial charge in [-0.3, -0.25) is 0 Å². The highest BCUT2D eigenvalue weighted by atomic mass is 79.9.